The molecule has 1 aliphatic heterocycles. The Morgan fingerprint density at radius 2 is 2.16 bits per heavy atom. The Morgan fingerprint density at radius 1 is 1.42 bits per heavy atom. The highest BCUT2D eigenvalue weighted by Crippen LogP contribution is 2.23. The van der Waals surface area contributed by atoms with Crippen molar-refractivity contribution >= 4 is 37.8 Å². The van der Waals surface area contributed by atoms with Gasteiger partial charge in [-0.15, -0.1) is 0 Å². The summed E-state index contributed by atoms with van der Waals surface area (Å²) in [5, 5.41) is 3.15. The Balaban J connectivity index is 2.04. The summed E-state index contributed by atoms with van der Waals surface area (Å²) in [6, 6.07) is 5.88. The molecule has 1 fully saturated rings. The molecule has 0 spiro atoms. The highest BCUT2D eigenvalue weighted by Gasteiger charge is 2.26. The third-order valence-corrected chi connectivity index (χ3v) is 4.75. The van der Waals surface area contributed by atoms with Crippen molar-refractivity contribution in [3.8, 4) is 0 Å². The van der Waals surface area contributed by atoms with Gasteiger partial charge in [0.25, 0.3) is 5.91 Å². The van der Waals surface area contributed by atoms with Crippen molar-refractivity contribution in [2.45, 2.75) is 19.4 Å². The Kier molecular flexibility index (Phi) is 5.03. The first kappa shape index (κ1) is 15.0. The third kappa shape index (κ3) is 3.80. The van der Waals surface area contributed by atoms with Gasteiger partial charge in [-0.3, -0.25) is 4.79 Å². The van der Waals surface area contributed by atoms with E-state index in [1.165, 1.54) is 0 Å². The number of benzene rings is 1. The zero-order valence-corrected chi connectivity index (χ0v) is 14.3. The summed E-state index contributed by atoms with van der Waals surface area (Å²) in [7, 11) is 2.12. The van der Waals surface area contributed by atoms with Crippen molar-refractivity contribution in [3.05, 3.63) is 32.7 Å². The Bertz CT molecular complexity index is 479. The maximum Gasteiger partial charge on any atom is 0.252 e. The van der Waals surface area contributed by atoms with Gasteiger partial charge in [0.05, 0.1) is 5.56 Å². The van der Waals surface area contributed by atoms with E-state index >= 15 is 0 Å². The molecular formula is C14H18Br2N2O. The maximum atomic E-state index is 12.3. The van der Waals surface area contributed by atoms with Gasteiger partial charge in [0.15, 0.2) is 0 Å². The fourth-order valence-corrected chi connectivity index (χ4v) is 3.72. The zero-order valence-electron chi connectivity index (χ0n) is 11.1. The largest absolute Gasteiger partial charge is 0.349 e. The minimum absolute atomic E-state index is 0.000720. The number of rotatable bonds is 2. The summed E-state index contributed by atoms with van der Waals surface area (Å²) in [5.74, 6) is 0.484. The van der Waals surface area contributed by atoms with Crippen LogP contribution in [0.1, 0.15) is 23.7 Å². The van der Waals surface area contributed by atoms with Gasteiger partial charge in [-0.2, -0.15) is 0 Å². The molecule has 1 aromatic carbocycles. The first-order valence-electron chi connectivity index (χ1n) is 6.42. The molecule has 0 bridgehead atoms. The van der Waals surface area contributed by atoms with Crippen LogP contribution in [0.3, 0.4) is 0 Å². The molecule has 2 atom stereocenters. The molecule has 3 nitrogen and oxygen atoms in total. The first-order chi connectivity index (χ1) is 8.97. The van der Waals surface area contributed by atoms with E-state index in [9.17, 15) is 4.79 Å². The Labute approximate surface area is 131 Å². The van der Waals surface area contributed by atoms with E-state index in [0.29, 0.717) is 11.5 Å². The lowest BCUT2D eigenvalue weighted by molar-refractivity contribution is 0.0883. The lowest BCUT2D eigenvalue weighted by Crippen LogP contribution is -2.48. The second-order valence-corrected chi connectivity index (χ2v) is 7.00. The molecule has 0 aromatic heterocycles. The molecule has 5 heteroatoms. The van der Waals surface area contributed by atoms with Gasteiger partial charge in [-0.1, -0.05) is 22.9 Å². The average Bonchev–Trinajstić information content (AvgIpc) is 2.32. The lowest BCUT2D eigenvalue weighted by atomic mass is 9.94. The highest BCUT2D eigenvalue weighted by atomic mass is 79.9. The predicted molar refractivity (Wildman–Crippen MR) is 84.4 cm³/mol. The van der Waals surface area contributed by atoms with Crippen LogP contribution in [0, 0.1) is 5.92 Å². The Morgan fingerprint density at radius 3 is 2.79 bits per heavy atom. The molecule has 1 N–H and O–H groups in total. The minimum Gasteiger partial charge on any atom is -0.349 e. The van der Waals surface area contributed by atoms with Crippen LogP contribution in [0.15, 0.2) is 27.1 Å². The fourth-order valence-electron chi connectivity index (χ4n) is 2.49. The van der Waals surface area contributed by atoms with Gasteiger partial charge in [-0.25, -0.2) is 0 Å². The molecule has 104 valence electrons. The van der Waals surface area contributed by atoms with E-state index in [0.717, 1.165) is 28.5 Å². The van der Waals surface area contributed by atoms with Crippen molar-refractivity contribution in [2.75, 3.05) is 20.1 Å². The number of amides is 1. The molecule has 1 amide bonds. The molecular weight excluding hydrogens is 372 g/mol. The molecule has 0 aliphatic carbocycles. The van der Waals surface area contributed by atoms with Gasteiger partial charge in [0.1, 0.15) is 0 Å². The number of likely N-dealkylation sites (tertiary alicyclic amines) is 1. The third-order valence-electron chi connectivity index (χ3n) is 3.60. The average molecular weight is 390 g/mol. The fraction of sp³-hybridized carbons (Fsp3) is 0.500. The highest BCUT2D eigenvalue weighted by molar-refractivity contribution is 9.11. The van der Waals surface area contributed by atoms with Crippen molar-refractivity contribution in [2.24, 2.45) is 5.92 Å². The number of halogens is 2. The molecule has 1 aliphatic rings. The van der Waals surface area contributed by atoms with Gasteiger partial charge < -0.3 is 10.2 Å². The summed E-state index contributed by atoms with van der Waals surface area (Å²) in [4.78, 5) is 14.6. The number of nitrogens with one attached hydrogen (secondary N) is 1. The van der Waals surface area contributed by atoms with Crippen molar-refractivity contribution in [3.63, 3.8) is 0 Å². The van der Waals surface area contributed by atoms with Crippen LogP contribution in [-0.4, -0.2) is 37.0 Å². The van der Waals surface area contributed by atoms with Gasteiger partial charge in [-0.05, 0) is 60.1 Å². The first-order valence-corrected chi connectivity index (χ1v) is 8.00. The SMILES string of the molecule is CC1CN(C)CCC1NC(=O)c1ccc(Br)cc1Br. The van der Waals surface area contributed by atoms with Gasteiger partial charge in [0, 0.05) is 21.5 Å². The second kappa shape index (κ2) is 6.37. The van der Waals surface area contributed by atoms with E-state index in [-0.39, 0.29) is 11.9 Å². The quantitative estimate of drug-likeness (QED) is 0.841. The van der Waals surface area contributed by atoms with Gasteiger partial charge >= 0.3 is 0 Å². The summed E-state index contributed by atoms with van der Waals surface area (Å²) in [6.07, 6.45) is 1.01. The van der Waals surface area contributed by atoms with Crippen LogP contribution < -0.4 is 5.32 Å². The molecule has 1 saturated heterocycles. The van der Waals surface area contributed by atoms with Crippen molar-refractivity contribution in [1.82, 2.24) is 10.2 Å². The molecule has 1 aromatic rings. The molecule has 1 heterocycles. The number of hydrogen-bond donors (Lipinski definition) is 1. The number of nitrogens with zero attached hydrogens (tertiary/aromatic N) is 1. The monoisotopic (exact) mass is 388 g/mol. The standard InChI is InChI=1S/C14H18Br2N2O/c1-9-8-18(2)6-5-13(9)17-14(19)11-4-3-10(15)7-12(11)16/h3-4,7,9,13H,5-6,8H2,1-2H3,(H,17,19). The number of piperidine rings is 1. The number of hydrogen-bond acceptors (Lipinski definition) is 2. The van der Waals surface area contributed by atoms with Crippen molar-refractivity contribution < 1.29 is 4.79 Å². The smallest absolute Gasteiger partial charge is 0.252 e. The van der Waals surface area contributed by atoms with E-state index in [1.54, 1.807) is 0 Å². The number of carbonyl (C=O) groups excluding carboxylic acids is 1. The van der Waals surface area contributed by atoms with Gasteiger partial charge in [0.2, 0.25) is 0 Å². The van der Waals surface area contributed by atoms with Crippen molar-refractivity contribution in [1.29, 1.82) is 0 Å². The van der Waals surface area contributed by atoms with E-state index in [4.69, 9.17) is 0 Å². The van der Waals surface area contributed by atoms with E-state index < -0.39 is 0 Å². The van der Waals surface area contributed by atoms with Crippen LogP contribution in [0.4, 0.5) is 0 Å². The van der Waals surface area contributed by atoms with Crippen LogP contribution >= 0.6 is 31.9 Å². The van der Waals surface area contributed by atoms with E-state index in [2.05, 4.69) is 56.0 Å². The summed E-state index contributed by atoms with van der Waals surface area (Å²) < 4.78 is 1.78. The van der Waals surface area contributed by atoms with Crippen LogP contribution in [0.2, 0.25) is 0 Å². The lowest BCUT2D eigenvalue weighted by Gasteiger charge is -2.35. The topological polar surface area (TPSA) is 32.3 Å². The second-order valence-electron chi connectivity index (χ2n) is 5.23. The summed E-state index contributed by atoms with van der Waals surface area (Å²) in [5.41, 5.74) is 0.689. The van der Waals surface area contributed by atoms with Crippen LogP contribution in [0.25, 0.3) is 0 Å². The van der Waals surface area contributed by atoms with Crippen LogP contribution in [-0.2, 0) is 0 Å². The molecule has 19 heavy (non-hydrogen) atoms. The maximum absolute atomic E-state index is 12.3. The summed E-state index contributed by atoms with van der Waals surface area (Å²) in [6.45, 7) is 4.26. The molecule has 0 radical (unpaired) electrons. The number of carbonyl (C=O) groups is 1. The minimum atomic E-state index is 0.000720. The predicted octanol–water partition coefficient (Wildman–Crippen LogP) is 3.28. The summed E-state index contributed by atoms with van der Waals surface area (Å²) >= 11 is 6.83. The zero-order chi connectivity index (χ0) is 14.0. The van der Waals surface area contributed by atoms with E-state index in [1.807, 2.05) is 18.2 Å². The molecule has 2 rings (SSSR count). The molecule has 0 saturated carbocycles. The van der Waals surface area contributed by atoms with Crippen LogP contribution in [0.5, 0.6) is 0 Å². The Hall–Kier alpha value is -0.390. The normalized spacial score (nSPS) is 24.2. The molecule has 2 unspecified atom stereocenters.